The molecule has 5 nitrogen and oxygen atoms in total. The molecule has 1 aromatic heterocycles. The van der Waals surface area contributed by atoms with Crippen molar-refractivity contribution in [2.75, 3.05) is 31.1 Å². The Kier molecular flexibility index (Phi) is 3.85. The minimum atomic E-state index is 0.291. The number of aromatic nitrogens is 2. The number of hydrogen-bond donors (Lipinski definition) is 0. The largest absolute Gasteiger partial charge is 0.368 e. The minimum absolute atomic E-state index is 0.291. The molecule has 1 saturated heterocycles. The molecule has 0 atom stereocenters. The third-order valence-electron chi connectivity index (χ3n) is 5.15. The van der Waals surface area contributed by atoms with E-state index in [1.807, 2.05) is 12.3 Å². The standard InChI is InChI=1S/C18H22N4O/c23-18(14-3-1-2-4-14)22-9-7-21(8-10-22)16-5-6-17-15(11-16)12-19-13-20-17/h5-6,11-14H,1-4,7-10H2. The van der Waals surface area contributed by atoms with Gasteiger partial charge in [0, 0.05) is 49.4 Å². The highest BCUT2D eigenvalue weighted by Crippen LogP contribution is 2.27. The van der Waals surface area contributed by atoms with E-state index >= 15 is 0 Å². The Balaban J connectivity index is 1.43. The van der Waals surface area contributed by atoms with Crippen molar-refractivity contribution in [1.29, 1.82) is 0 Å². The molecule has 1 aliphatic carbocycles. The molecule has 1 amide bonds. The van der Waals surface area contributed by atoms with E-state index in [0.717, 1.165) is 49.9 Å². The van der Waals surface area contributed by atoms with Gasteiger partial charge in [-0.3, -0.25) is 4.79 Å². The molecule has 0 radical (unpaired) electrons. The molecule has 2 fully saturated rings. The summed E-state index contributed by atoms with van der Waals surface area (Å²) in [6, 6.07) is 6.30. The molecule has 0 unspecified atom stereocenters. The zero-order valence-corrected chi connectivity index (χ0v) is 13.3. The van der Waals surface area contributed by atoms with Gasteiger partial charge in [0.1, 0.15) is 6.33 Å². The van der Waals surface area contributed by atoms with Crippen LogP contribution in [0.1, 0.15) is 25.7 Å². The predicted molar refractivity (Wildman–Crippen MR) is 90.3 cm³/mol. The van der Waals surface area contributed by atoms with E-state index in [0.29, 0.717) is 11.8 Å². The molecule has 23 heavy (non-hydrogen) atoms. The van der Waals surface area contributed by atoms with Crippen LogP contribution in [0.2, 0.25) is 0 Å². The highest BCUT2D eigenvalue weighted by molar-refractivity contribution is 5.82. The minimum Gasteiger partial charge on any atom is -0.368 e. The van der Waals surface area contributed by atoms with Crippen molar-refractivity contribution in [2.24, 2.45) is 5.92 Å². The molecule has 120 valence electrons. The van der Waals surface area contributed by atoms with Gasteiger partial charge in [0.2, 0.25) is 5.91 Å². The van der Waals surface area contributed by atoms with E-state index in [2.05, 4.69) is 31.9 Å². The second-order valence-corrected chi connectivity index (χ2v) is 6.56. The van der Waals surface area contributed by atoms with Crippen LogP contribution in [0.3, 0.4) is 0 Å². The number of anilines is 1. The van der Waals surface area contributed by atoms with Crippen LogP contribution < -0.4 is 4.90 Å². The Bertz CT molecular complexity index is 703. The quantitative estimate of drug-likeness (QED) is 0.855. The molecule has 1 aliphatic heterocycles. The number of hydrogen-bond acceptors (Lipinski definition) is 4. The zero-order valence-electron chi connectivity index (χ0n) is 13.3. The molecule has 0 spiro atoms. The van der Waals surface area contributed by atoms with Gasteiger partial charge in [0.15, 0.2) is 0 Å². The van der Waals surface area contributed by atoms with Gasteiger partial charge in [-0.15, -0.1) is 0 Å². The second-order valence-electron chi connectivity index (χ2n) is 6.56. The van der Waals surface area contributed by atoms with E-state index in [9.17, 15) is 4.79 Å². The summed E-state index contributed by atoms with van der Waals surface area (Å²) in [5, 5.41) is 1.06. The Labute approximate surface area is 136 Å². The smallest absolute Gasteiger partial charge is 0.225 e. The molecule has 1 aromatic carbocycles. The molecular formula is C18H22N4O. The summed E-state index contributed by atoms with van der Waals surface area (Å²) < 4.78 is 0. The molecule has 5 heteroatoms. The zero-order chi connectivity index (χ0) is 15.6. The van der Waals surface area contributed by atoms with E-state index in [-0.39, 0.29) is 0 Å². The lowest BCUT2D eigenvalue weighted by atomic mass is 10.1. The summed E-state index contributed by atoms with van der Waals surface area (Å²) in [7, 11) is 0. The molecular weight excluding hydrogens is 288 g/mol. The highest BCUT2D eigenvalue weighted by atomic mass is 16.2. The van der Waals surface area contributed by atoms with Crippen LogP contribution >= 0.6 is 0 Å². The lowest BCUT2D eigenvalue weighted by Crippen LogP contribution is -2.50. The summed E-state index contributed by atoms with van der Waals surface area (Å²) in [6.45, 7) is 3.46. The average molecular weight is 310 g/mol. The van der Waals surface area contributed by atoms with Gasteiger partial charge in [-0.2, -0.15) is 0 Å². The average Bonchev–Trinajstić information content (AvgIpc) is 3.15. The lowest BCUT2D eigenvalue weighted by Gasteiger charge is -2.37. The number of carbonyl (C=O) groups is 1. The van der Waals surface area contributed by atoms with Crippen LogP contribution in [0.25, 0.3) is 10.9 Å². The summed E-state index contributed by atoms with van der Waals surface area (Å²) in [5.41, 5.74) is 2.17. The summed E-state index contributed by atoms with van der Waals surface area (Å²) in [4.78, 5) is 25.3. The van der Waals surface area contributed by atoms with Crippen LogP contribution in [-0.2, 0) is 4.79 Å². The van der Waals surface area contributed by atoms with Crippen LogP contribution in [0, 0.1) is 5.92 Å². The molecule has 4 rings (SSSR count). The van der Waals surface area contributed by atoms with Gasteiger partial charge in [0.25, 0.3) is 0 Å². The number of benzene rings is 1. The fraction of sp³-hybridized carbons (Fsp3) is 0.500. The van der Waals surface area contributed by atoms with E-state index in [1.165, 1.54) is 18.5 Å². The van der Waals surface area contributed by atoms with Crippen molar-refractivity contribution in [3.05, 3.63) is 30.7 Å². The number of amides is 1. The van der Waals surface area contributed by atoms with Crippen LogP contribution in [0.5, 0.6) is 0 Å². The maximum atomic E-state index is 12.5. The number of piperazine rings is 1. The highest BCUT2D eigenvalue weighted by Gasteiger charge is 2.29. The molecule has 2 aliphatic rings. The summed E-state index contributed by atoms with van der Waals surface area (Å²) in [5.74, 6) is 0.674. The van der Waals surface area contributed by atoms with Crippen LogP contribution in [0.15, 0.2) is 30.7 Å². The van der Waals surface area contributed by atoms with Crippen LogP contribution in [-0.4, -0.2) is 47.0 Å². The molecule has 0 bridgehead atoms. The van der Waals surface area contributed by atoms with Crippen molar-refractivity contribution in [3.8, 4) is 0 Å². The first kappa shape index (κ1) is 14.4. The Morgan fingerprint density at radius 3 is 2.65 bits per heavy atom. The van der Waals surface area contributed by atoms with Gasteiger partial charge < -0.3 is 9.80 Å². The van der Waals surface area contributed by atoms with Gasteiger partial charge in [0.05, 0.1) is 5.52 Å². The number of carbonyl (C=O) groups excluding carboxylic acids is 1. The number of nitrogens with zero attached hydrogens (tertiary/aromatic N) is 4. The number of fused-ring (bicyclic) bond motifs is 1. The number of rotatable bonds is 2. The van der Waals surface area contributed by atoms with Crippen molar-refractivity contribution < 1.29 is 4.79 Å². The van der Waals surface area contributed by atoms with Crippen molar-refractivity contribution in [3.63, 3.8) is 0 Å². The predicted octanol–water partition coefficient (Wildman–Crippen LogP) is 2.47. The van der Waals surface area contributed by atoms with Crippen LogP contribution in [0.4, 0.5) is 5.69 Å². The van der Waals surface area contributed by atoms with Crippen molar-refractivity contribution in [1.82, 2.24) is 14.9 Å². The van der Waals surface area contributed by atoms with E-state index < -0.39 is 0 Å². The fourth-order valence-electron chi connectivity index (χ4n) is 3.78. The molecule has 0 N–H and O–H groups in total. The van der Waals surface area contributed by atoms with Gasteiger partial charge in [-0.05, 0) is 31.0 Å². The van der Waals surface area contributed by atoms with Gasteiger partial charge in [-0.25, -0.2) is 9.97 Å². The maximum absolute atomic E-state index is 12.5. The first-order valence-corrected chi connectivity index (χ1v) is 8.55. The van der Waals surface area contributed by atoms with E-state index in [4.69, 9.17) is 0 Å². The summed E-state index contributed by atoms with van der Waals surface area (Å²) >= 11 is 0. The maximum Gasteiger partial charge on any atom is 0.225 e. The lowest BCUT2D eigenvalue weighted by molar-refractivity contribution is -0.135. The fourth-order valence-corrected chi connectivity index (χ4v) is 3.78. The third kappa shape index (κ3) is 2.87. The Morgan fingerprint density at radius 2 is 1.87 bits per heavy atom. The summed E-state index contributed by atoms with van der Waals surface area (Å²) in [6.07, 6.45) is 8.04. The first-order chi connectivity index (χ1) is 11.3. The Hall–Kier alpha value is -2.17. The topological polar surface area (TPSA) is 49.3 Å². The van der Waals surface area contributed by atoms with E-state index in [1.54, 1.807) is 6.33 Å². The first-order valence-electron chi connectivity index (χ1n) is 8.55. The SMILES string of the molecule is O=C(C1CCCC1)N1CCN(c2ccc3ncncc3c2)CC1. The normalized spacial score (nSPS) is 19.5. The van der Waals surface area contributed by atoms with Crippen molar-refractivity contribution >= 4 is 22.5 Å². The van der Waals surface area contributed by atoms with Gasteiger partial charge >= 0.3 is 0 Å². The monoisotopic (exact) mass is 310 g/mol. The third-order valence-corrected chi connectivity index (χ3v) is 5.15. The van der Waals surface area contributed by atoms with Gasteiger partial charge in [-0.1, -0.05) is 12.8 Å². The Morgan fingerprint density at radius 1 is 1.09 bits per heavy atom. The molecule has 1 saturated carbocycles. The molecule has 2 aromatic rings. The molecule has 2 heterocycles. The second kappa shape index (κ2) is 6.14. The van der Waals surface area contributed by atoms with Crippen molar-refractivity contribution in [2.45, 2.75) is 25.7 Å².